The Labute approximate surface area is 241 Å². The van der Waals surface area contributed by atoms with Gasteiger partial charge in [-0.05, 0) is 67.7 Å². The molecule has 0 saturated carbocycles. The van der Waals surface area contributed by atoms with E-state index in [2.05, 4.69) is 32.8 Å². The number of rotatable bonds is 19. The molecule has 0 fully saturated rings. The maximum absolute atomic E-state index is 10.9. The number of benzene rings is 1. The number of allylic oxidation sites excluding steroid dienone is 6. The summed E-state index contributed by atoms with van der Waals surface area (Å²) in [5.74, 6) is 3.43. The van der Waals surface area contributed by atoms with Crippen molar-refractivity contribution in [2.24, 2.45) is 0 Å². The van der Waals surface area contributed by atoms with Crippen molar-refractivity contribution in [1.29, 1.82) is 0 Å². The minimum Gasteiger partial charge on any atom is -0.493 e. The van der Waals surface area contributed by atoms with Gasteiger partial charge in [-0.1, -0.05) is 58.9 Å². The Hall–Kier alpha value is -2.88. The molecule has 216 valence electrons. The molecule has 0 amide bonds. The number of hydrogen-bond donors (Lipinski definition) is 1. The molecule has 0 aromatic heterocycles. The number of ether oxygens (including phenoxy) is 3. The number of aliphatic carboxylic acids is 1. The summed E-state index contributed by atoms with van der Waals surface area (Å²) in [5, 5.41) is 8.93. The molecule has 6 heteroatoms. The lowest BCUT2D eigenvalue weighted by Gasteiger charge is -2.17. The molecule has 0 aliphatic rings. The van der Waals surface area contributed by atoms with E-state index in [1.165, 1.54) is 11.8 Å². The summed E-state index contributed by atoms with van der Waals surface area (Å²) in [6, 6.07) is 5.81. The number of terminal acetylenes is 1. The van der Waals surface area contributed by atoms with Crippen molar-refractivity contribution in [3.8, 4) is 18.1 Å². The number of aryl methyl sites for hydroxylation is 1. The second-order valence-electron chi connectivity index (χ2n) is 8.29. The van der Waals surface area contributed by atoms with Gasteiger partial charge in [0.15, 0.2) is 0 Å². The van der Waals surface area contributed by atoms with Crippen LogP contribution in [-0.4, -0.2) is 42.8 Å². The first kappa shape index (κ1) is 36.1. The SMILES string of the molecule is C#CC/C=C(\C=C(/CO[C@H](C)CCOc1ccc(SCC(=O)O)c(CC)c1)OC/C=C\C=C/CC)CC.CC. The van der Waals surface area contributed by atoms with E-state index in [0.29, 0.717) is 26.2 Å². The first-order chi connectivity index (χ1) is 18.9. The standard InChI is InChI=1S/C31H42O5S.C2H6/c1-6-10-12-13-14-19-34-29(21-26(8-3)15-11-7-2)23-36-25(5)18-20-35-28-16-17-30(27(9-4)22-28)37-24-31(32)33;1-2/h2,10,12-17,21-22,25H,6,8-9,11,18-20,23-24H2,1,3-5H3,(H,32,33);1-2H3/b12-10-,14-13-,26-15-,29-21+;/t25-;/m1./s1. The highest BCUT2D eigenvalue weighted by Gasteiger charge is 2.09. The lowest BCUT2D eigenvalue weighted by atomic mass is 10.1. The van der Waals surface area contributed by atoms with E-state index in [4.69, 9.17) is 25.7 Å². The maximum Gasteiger partial charge on any atom is 0.313 e. The van der Waals surface area contributed by atoms with Crippen molar-refractivity contribution >= 4 is 17.7 Å². The number of carboxylic acids is 1. The predicted octanol–water partition coefficient (Wildman–Crippen LogP) is 8.41. The van der Waals surface area contributed by atoms with Crippen molar-refractivity contribution < 1.29 is 24.1 Å². The molecule has 0 saturated heterocycles. The molecule has 0 aliphatic carbocycles. The van der Waals surface area contributed by atoms with E-state index in [-0.39, 0.29) is 11.9 Å². The van der Waals surface area contributed by atoms with Gasteiger partial charge in [0.2, 0.25) is 0 Å². The zero-order valence-electron chi connectivity index (χ0n) is 24.7. The van der Waals surface area contributed by atoms with Gasteiger partial charge < -0.3 is 19.3 Å². The minimum absolute atomic E-state index is 0.0224. The second kappa shape index (κ2) is 24.2. The molecule has 0 heterocycles. The number of hydrogen-bond acceptors (Lipinski definition) is 5. The van der Waals surface area contributed by atoms with Crippen LogP contribution in [0, 0.1) is 12.3 Å². The predicted molar refractivity (Wildman–Crippen MR) is 165 cm³/mol. The second-order valence-corrected chi connectivity index (χ2v) is 9.31. The number of carboxylic acid groups (broad SMARTS) is 1. The molecule has 5 nitrogen and oxygen atoms in total. The summed E-state index contributed by atoms with van der Waals surface area (Å²) in [6.07, 6.45) is 21.5. The molecule has 1 aromatic rings. The minimum atomic E-state index is -0.820. The summed E-state index contributed by atoms with van der Waals surface area (Å²) < 4.78 is 18.0. The van der Waals surface area contributed by atoms with E-state index in [9.17, 15) is 4.79 Å². The summed E-state index contributed by atoms with van der Waals surface area (Å²) in [7, 11) is 0. The average Bonchev–Trinajstić information content (AvgIpc) is 2.95. The average molecular weight is 557 g/mol. The van der Waals surface area contributed by atoms with Crippen LogP contribution in [0.4, 0.5) is 0 Å². The fraction of sp³-hybridized carbons (Fsp3) is 0.485. The van der Waals surface area contributed by atoms with Crippen molar-refractivity contribution in [2.45, 2.75) is 84.6 Å². The van der Waals surface area contributed by atoms with Crippen molar-refractivity contribution in [3.05, 3.63) is 71.6 Å². The third-order valence-electron chi connectivity index (χ3n) is 5.29. The Kier molecular flexibility index (Phi) is 22.4. The Bertz CT molecular complexity index is 969. The van der Waals surface area contributed by atoms with Gasteiger partial charge in [0.1, 0.15) is 24.7 Å². The topological polar surface area (TPSA) is 65.0 Å². The molecule has 1 atom stereocenters. The molecule has 1 rings (SSSR count). The van der Waals surface area contributed by atoms with Crippen LogP contribution in [-0.2, 0) is 20.7 Å². The Morgan fingerprint density at radius 3 is 2.56 bits per heavy atom. The fourth-order valence-corrected chi connectivity index (χ4v) is 4.02. The van der Waals surface area contributed by atoms with Crippen LogP contribution in [0.1, 0.15) is 72.8 Å². The van der Waals surface area contributed by atoms with E-state index in [1.807, 2.05) is 69.4 Å². The maximum atomic E-state index is 10.9. The van der Waals surface area contributed by atoms with E-state index < -0.39 is 5.97 Å². The van der Waals surface area contributed by atoms with Crippen LogP contribution >= 0.6 is 11.8 Å². The molecular formula is C33H48O5S. The highest BCUT2D eigenvalue weighted by atomic mass is 32.2. The van der Waals surface area contributed by atoms with Crippen LogP contribution in [0.15, 0.2) is 70.9 Å². The third kappa shape index (κ3) is 18.1. The van der Waals surface area contributed by atoms with E-state index in [1.54, 1.807) is 0 Å². The Morgan fingerprint density at radius 1 is 1.18 bits per heavy atom. The van der Waals surface area contributed by atoms with Crippen LogP contribution in [0.2, 0.25) is 0 Å². The molecule has 0 spiro atoms. The van der Waals surface area contributed by atoms with Gasteiger partial charge >= 0.3 is 5.97 Å². The zero-order chi connectivity index (χ0) is 29.3. The van der Waals surface area contributed by atoms with Crippen molar-refractivity contribution in [3.63, 3.8) is 0 Å². The molecule has 0 aliphatic heterocycles. The monoisotopic (exact) mass is 556 g/mol. The molecule has 1 N–H and O–H groups in total. The number of thioether (sulfide) groups is 1. The van der Waals surface area contributed by atoms with Gasteiger partial charge in [0.05, 0.1) is 18.5 Å². The normalized spacial score (nSPS) is 12.6. The molecule has 0 radical (unpaired) electrons. The quantitative estimate of drug-likeness (QED) is 0.0799. The van der Waals surface area contributed by atoms with E-state index in [0.717, 1.165) is 53.2 Å². The molecule has 1 aromatic carbocycles. The first-order valence-corrected chi connectivity index (χ1v) is 14.9. The third-order valence-corrected chi connectivity index (χ3v) is 6.39. The van der Waals surface area contributed by atoms with Crippen LogP contribution < -0.4 is 4.74 Å². The van der Waals surface area contributed by atoms with Crippen LogP contribution in [0.3, 0.4) is 0 Å². The van der Waals surface area contributed by atoms with Gasteiger partial charge in [0, 0.05) is 17.7 Å². The van der Waals surface area contributed by atoms with Gasteiger partial charge in [-0.25, -0.2) is 0 Å². The zero-order valence-corrected chi connectivity index (χ0v) is 25.5. The molecular weight excluding hydrogens is 508 g/mol. The fourth-order valence-electron chi connectivity index (χ4n) is 3.18. The summed E-state index contributed by atoms with van der Waals surface area (Å²) in [4.78, 5) is 11.8. The highest BCUT2D eigenvalue weighted by molar-refractivity contribution is 8.00. The van der Waals surface area contributed by atoms with Crippen LogP contribution in [0.5, 0.6) is 5.75 Å². The lowest BCUT2D eigenvalue weighted by Crippen LogP contribution is -2.15. The summed E-state index contributed by atoms with van der Waals surface area (Å²) in [5.41, 5.74) is 2.21. The summed E-state index contributed by atoms with van der Waals surface area (Å²) in [6.45, 7) is 13.6. The van der Waals surface area contributed by atoms with Gasteiger partial charge in [-0.2, -0.15) is 0 Å². The Balaban J connectivity index is 0.00000704. The van der Waals surface area contributed by atoms with Crippen molar-refractivity contribution in [1.82, 2.24) is 0 Å². The summed E-state index contributed by atoms with van der Waals surface area (Å²) >= 11 is 1.33. The number of carbonyl (C=O) groups is 1. The van der Waals surface area contributed by atoms with Gasteiger partial charge in [-0.15, -0.1) is 24.1 Å². The smallest absolute Gasteiger partial charge is 0.313 e. The first-order valence-electron chi connectivity index (χ1n) is 13.9. The lowest BCUT2D eigenvalue weighted by molar-refractivity contribution is -0.133. The molecule has 39 heavy (non-hydrogen) atoms. The van der Waals surface area contributed by atoms with E-state index >= 15 is 0 Å². The largest absolute Gasteiger partial charge is 0.493 e. The van der Waals surface area contributed by atoms with Gasteiger partial charge in [-0.3, -0.25) is 4.79 Å². The van der Waals surface area contributed by atoms with Crippen molar-refractivity contribution in [2.75, 3.05) is 25.6 Å². The highest BCUT2D eigenvalue weighted by Crippen LogP contribution is 2.27. The van der Waals surface area contributed by atoms with Gasteiger partial charge in [0.25, 0.3) is 0 Å². The Morgan fingerprint density at radius 2 is 1.92 bits per heavy atom. The molecule has 0 unspecified atom stereocenters. The van der Waals surface area contributed by atoms with Crippen LogP contribution in [0.25, 0.3) is 0 Å². The molecule has 0 bridgehead atoms.